The third kappa shape index (κ3) is 3.65. The predicted molar refractivity (Wildman–Crippen MR) is 98.7 cm³/mol. The Kier molecular flexibility index (Phi) is 4.63. The van der Waals surface area contributed by atoms with Gasteiger partial charge in [-0.2, -0.15) is 4.98 Å². The number of piperidine rings is 1. The molecule has 0 unspecified atom stereocenters. The Bertz CT molecular complexity index is 725. The minimum Gasteiger partial charge on any atom is -0.341 e. The van der Waals surface area contributed by atoms with E-state index in [-0.39, 0.29) is 5.91 Å². The zero-order chi connectivity index (χ0) is 17.1. The Morgan fingerprint density at radius 2 is 1.84 bits per heavy atom. The Hall–Kier alpha value is -2.43. The highest BCUT2D eigenvalue weighted by Gasteiger charge is 2.25. The lowest BCUT2D eigenvalue weighted by Gasteiger charge is -2.32. The molecule has 2 aliphatic rings. The molecule has 1 amide bonds. The van der Waals surface area contributed by atoms with Gasteiger partial charge >= 0.3 is 0 Å². The van der Waals surface area contributed by atoms with Gasteiger partial charge in [-0.3, -0.25) is 9.69 Å². The Balaban J connectivity index is 1.38. The minimum absolute atomic E-state index is 0.172. The molecule has 0 saturated carbocycles. The van der Waals surface area contributed by atoms with Gasteiger partial charge in [-0.25, -0.2) is 4.98 Å². The standard InChI is InChI=1S/C20H24N4O/c25-19-7-4-12-24(19)18-8-11-21-20(22-18)23-13-9-17(10-14-23)15-16-5-2-1-3-6-16/h1-3,5-6,8,11,17H,4,7,9-10,12-15H2. The Morgan fingerprint density at radius 3 is 2.56 bits per heavy atom. The molecule has 2 fully saturated rings. The summed E-state index contributed by atoms with van der Waals surface area (Å²) in [7, 11) is 0. The molecule has 0 spiro atoms. The Labute approximate surface area is 148 Å². The summed E-state index contributed by atoms with van der Waals surface area (Å²) in [6.45, 7) is 2.73. The average Bonchev–Trinajstić information content (AvgIpc) is 3.09. The maximum absolute atomic E-state index is 11.9. The lowest BCUT2D eigenvalue weighted by molar-refractivity contribution is -0.117. The van der Waals surface area contributed by atoms with E-state index in [1.54, 1.807) is 11.1 Å². The fourth-order valence-corrected chi connectivity index (χ4v) is 3.82. The van der Waals surface area contributed by atoms with Crippen molar-refractivity contribution in [3.8, 4) is 0 Å². The molecule has 1 aromatic carbocycles. The number of benzene rings is 1. The summed E-state index contributed by atoms with van der Waals surface area (Å²) in [6.07, 6.45) is 6.79. The SMILES string of the molecule is O=C1CCCN1c1ccnc(N2CCC(Cc3ccccc3)CC2)n1. The van der Waals surface area contributed by atoms with Crippen LogP contribution >= 0.6 is 0 Å². The van der Waals surface area contributed by atoms with Crippen molar-refractivity contribution >= 4 is 17.7 Å². The molecule has 0 bridgehead atoms. The van der Waals surface area contributed by atoms with Crippen LogP contribution in [0.5, 0.6) is 0 Å². The maximum Gasteiger partial charge on any atom is 0.228 e. The van der Waals surface area contributed by atoms with E-state index in [1.165, 1.54) is 5.56 Å². The van der Waals surface area contributed by atoms with Gasteiger partial charge in [0.05, 0.1) is 0 Å². The number of aromatic nitrogens is 2. The maximum atomic E-state index is 11.9. The van der Waals surface area contributed by atoms with Gasteiger partial charge in [-0.05, 0) is 43.2 Å². The lowest BCUT2D eigenvalue weighted by Crippen LogP contribution is -2.36. The first-order valence-electron chi connectivity index (χ1n) is 9.22. The zero-order valence-corrected chi connectivity index (χ0v) is 14.5. The molecule has 5 nitrogen and oxygen atoms in total. The fourth-order valence-electron chi connectivity index (χ4n) is 3.82. The van der Waals surface area contributed by atoms with Gasteiger partial charge < -0.3 is 4.90 Å². The Morgan fingerprint density at radius 1 is 1.04 bits per heavy atom. The van der Waals surface area contributed by atoms with Gasteiger partial charge in [0.25, 0.3) is 0 Å². The van der Waals surface area contributed by atoms with Crippen molar-refractivity contribution in [1.82, 2.24) is 9.97 Å². The van der Waals surface area contributed by atoms with E-state index < -0.39 is 0 Å². The fraction of sp³-hybridized carbons (Fsp3) is 0.450. The summed E-state index contributed by atoms with van der Waals surface area (Å²) in [5.74, 6) is 2.41. The van der Waals surface area contributed by atoms with Crippen LogP contribution in [0.1, 0.15) is 31.2 Å². The van der Waals surface area contributed by atoms with Gasteiger partial charge in [0.1, 0.15) is 5.82 Å². The van der Waals surface area contributed by atoms with Crippen molar-refractivity contribution in [1.29, 1.82) is 0 Å². The van der Waals surface area contributed by atoms with Crippen molar-refractivity contribution in [3.05, 3.63) is 48.2 Å². The van der Waals surface area contributed by atoms with E-state index in [9.17, 15) is 4.79 Å². The monoisotopic (exact) mass is 336 g/mol. The third-order valence-corrected chi connectivity index (χ3v) is 5.24. The molecule has 0 atom stereocenters. The highest BCUT2D eigenvalue weighted by atomic mass is 16.2. The molecule has 25 heavy (non-hydrogen) atoms. The van der Waals surface area contributed by atoms with Crippen LogP contribution in [0.2, 0.25) is 0 Å². The van der Waals surface area contributed by atoms with Crippen molar-refractivity contribution in [3.63, 3.8) is 0 Å². The second-order valence-electron chi connectivity index (χ2n) is 6.98. The zero-order valence-electron chi connectivity index (χ0n) is 14.5. The van der Waals surface area contributed by atoms with Crippen LogP contribution in [0.4, 0.5) is 11.8 Å². The molecule has 2 saturated heterocycles. The second-order valence-corrected chi connectivity index (χ2v) is 6.98. The topological polar surface area (TPSA) is 49.3 Å². The number of carbonyl (C=O) groups excluding carboxylic acids is 1. The molecule has 4 rings (SSSR count). The largest absolute Gasteiger partial charge is 0.341 e. The number of hydrogen-bond donors (Lipinski definition) is 0. The summed E-state index contributed by atoms with van der Waals surface area (Å²) in [5.41, 5.74) is 1.42. The number of carbonyl (C=O) groups is 1. The van der Waals surface area contributed by atoms with Crippen LogP contribution in [-0.4, -0.2) is 35.5 Å². The molecule has 0 radical (unpaired) electrons. The molecular weight excluding hydrogens is 312 g/mol. The second kappa shape index (κ2) is 7.21. The van der Waals surface area contributed by atoms with E-state index in [0.29, 0.717) is 6.42 Å². The molecule has 2 aliphatic heterocycles. The van der Waals surface area contributed by atoms with Gasteiger partial charge in [0, 0.05) is 32.3 Å². The van der Waals surface area contributed by atoms with Crippen molar-refractivity contribution in [2.75, 3.05) is 29.4 Å². The molecule has 3 heterocycles. The van der Waals surface area contributed by atoms with Crippen LogP contribution in [0, 0.1) is 5.92 Å². The highest BCUT2D eigenvalue weighted by Crippen LogP contribution is 2.26. The average molecular weight is 336 g/mol. The molecule has 2 aromatic rings. The van der Waals surface area contributed by atoms with Crippen LogP contribution < -0.4 is 9.80 Å². The van der Waals surface area contributed by atoms with E-state index in [0.717, 1.165) is 63.0 Å². The minimum atomic E-state index is 0.172. The van der Waals surface area contributed by atoms with Gasteiger partial charge in [-0.1, -0.05) is 30.3 Å². The van der Waals surface area contributed by atoms with E-state index in [1.807, 2.05) is 6.07 Å². The first-order chi connectivity index (χ1) is 12.3. The number of amides is 1. The van der Waals surface area contributed by atoms with E-state index in [2.05, 4.69) is 45.2 Å². The number of nitrogens with zero attached hydrogens (tertiary/aromatic N) is 4. The van der Waals surface area contributed by atoms with Crippen LogP contribution in [-0.2, 0) is 11.2 Å². The molecule has 0 aliphatic carbocycles. The smallest absolute Gasteiger partial charge is 0.228 e. The van der Waals surface area contributed by atoms with Gasteiger partial charge in [0.15, 0.2) is 0 Å². The normalized spacial score (nSPS) is 18.8. The first-order valence-corrected chi connectivity index (χ1v) is 9.22. The highest BCUT2D eigenvalue weighted by molar-refractivity contribution is 5.94. The number of hydrogen-bond acceptors (Lipinski definition) is 4. The van der Waals surface area contributed by atoms with E-state index in [4.69, 9.17) is 0 Å². The summed E-state index contributed by atoms with van der Waals surface area (Å²) >= 11 is 0. The van der Waals surface area contributed by atoms with Gasteiger partial charge in [0.2, 0.25) is 11.9 Å². The molecule has 5 heteroatoms. The number of rotatable bonds is 4. The summed E-state index contributed by atoms with van der Waals surface area (Å²) < 4.78 is 0. The molecule has 1 aromatic heterocycles. The van der Waals surface area contributed by atoms with Crippen LogP contribution in [0.25, 0.3) is 0 Å². The molecule has 0 N–H and O–H groups in total. The van der Waals surface area contributed by atoms with Crippen LogP contribution in [0.3, 0.4) is 0 Å². The first kappa shape index (κ1) is 16.1. The third-order valence-electron chi connectivity index (χ3n) is 5.24. The summed E-state index contributed by atoms with van der Waals surface area (Å²) in [6, 6.07) is 12.6. The van der Waals surface area contributed by atoms with Crippen molar-refractivity contribution < 1.29 is 4.79 Å². The lowest BCUT2D eigenvalue weighted by atomic mass is 9.90. The van der Waals surface area contributed by atoms with Crippen molar-refractivity contribution in [2.24, 2.45) is 5.92 Å². The molecular formula is C20H24N4O. The van der Waals surface area contributed by atoms with Gasteiger partial charge in [-0.15, -0.1) is 0 Å². The summed E-state index contributed by atoms with van der Waals surface area (Å²) in [5, 5.41) is 0. The van der Waals surface area contributed by atoms with Crippen molar-refractivity contribution in [2.45, 2.75) is 32.1 Å². The quantitative estimate of drug-likeness (QED) is 0.861. The predicted octanol–water partition coefficient (Wildman–Crippen LogP) is 3.06. The van der Waals surface area contributed by atoms with E-state index >= 15 is 0 Å². The summed E-state index contributed by atoms with van der Waals surface area (Å²) in [4.78, 5) is 25.1. The van der Waals surface area contributed by atoms with Crippen LogP contribution in [0.15, 0.2) is 42.6 Å². The molecule has 130 valence electrons. The number of anilines is 2.